The van der Waals surface area contributed by atoms with Crippen LogP contribution in [-0.2, 0) is 0 Å². The minimum Gasteiger partial charge on any atom is -0.371 e. The number of nitrogens with one attached hydrogen (secondary N) is 2. The van der Waals surface area contributed by atoms with Crippen molar-refractivity contribution in [3.8, 4) is 0 Å². The Hall–Kier alpha value is -2.30. The number of hydrogen-bond acceptors (Lipinski definition) is 5. The standard InChI is InChI=1S/C19H27N5/c1-14(2)21-19-20-13-15(3)18(23-19)22-16-8-7-9-17(12-16)24-10-5-4-6-11-24/h7-9,12-14H,4-6,10-11H2,1-3H3,(H2,20,21,22,23). The molecule has 0 atom stereocenters. The minimum atomic E-state index is 0.308. The molecule has 0 aliphatic carbocycles. The van der Waals surface area contributed by atoms with Crippen LogP contribution in [0.3, 0.4) is 0 Å². The van der Waals surface area contributed by atoms with Crippen LogP contribution in [0.4, 0.5) is 23.1 Å². The van der Waals surface area contributed by atoms with E-state index in [0.717, 1.165) is 30.2 Å². The van der Waals surface area contributed by atoms with Crippen LogP contribution >= 0.6 is 0 Å². The molecule has 0 spiro atoms. The summed E-state index contributed by atoms with van der Waals surface area (Å²) in [7, 11) is 0. The lowest BCUT2D eigenvalue weighted by Crippen LogP contribution is -2.29. The van der Waals surface area contributed by atoms with Crippen molar-refractivity contribution in [2.24, 2.45) is 0 Å². The van der Waals surface area contributed by atoms with Gasteiger partial charge in [0.2, 0.25) is 5.95 Å². The molecule has 5 nitrogen and oxygen atoms in total. The molecule has 0 saturated carbocycles. The van der Waals surface area contributed by atoms with Crippen molar-refractivity contribution in [1.29, 1.82) is 0 Å². The number of aromatic nitrogens is 2. The molecule has 2 aromatic rings. The highest BCUT2D eigenvalue weighted by Gasteiger charge is 2.12. The van der Waals surface area contributed by atoms with E-state index in [1.807, 2.05) is 13.1 Å². The zero-order valence-corrected chi connectivity index (χ0v) is 14.8. The van der Waals surface area contributed by atoms with Gasteiger partial charge in [-0.3, -0.25) is 0 Å². The summed E-state index contributed by atoms with van der Waals surface area (Å²) in [6.45, 7) is 8.49. The third-order valence-electron chi connectivity index (χ3n) is 4.22. The van der Waals surface area contributed by atoms with Gasteiger partial charge >= 0.3 is 0 Å². The van der Waals surface area contributed by atoms with Crippen molar-refractivity contribution in [2.45, 2.75) is 46.1 Å². The molecule has 1 aromatic heterocycles. The highest BCUT2D eigenvalue weighted by molar-refractivity contribution is 5.65. The molecule has 1 aliphatic heterocycles. The number of aryl methyl sites for hydroxylation is 1. The van der Waals surface area contributed by atoms with Gasteiger partial charge in [0.25, 0.3) is 0 Å². The largest absolute Gasteiger partial charge is 0.371 e. The minimum absolute atomic E-state index is 0.308. The molecule has 0 unspecified atom stereocenters. The van der Waals surface area contributed by atoms with Gasteiger partial charge in [0.15, 0.2) is 0 Å². The molecule has 0 amide bonds. The maximum atomic E-state index is 4.60. The van der Waals surface area contributed by atoms with Crippen molar-refractivity contribution in [2.75, 3.05) is 28.6 Å². The summed E-state index contributed by atoms with van der Waals surface area (Å²) in [6, 6.07) is 8.90. The maximum Gasteiger partial charge on any atom is 0.224 e. The zero-order valence-electron chi connectivity index (χ0n) is 14.8. The third-order valence-corrected chi connectivity index (χ3v) is 4.22. The summed E-state index contributed by atoms with van der Waals surface area (Å²) in [6.07, 6.45) is 5.77. The average molecular weight is 325 g/mol. The van der Waals surface area contributed by atoms with Crippen molar-refractivity contribution in [1.82, 2.24) is 9.97 Å². The van der Waals surface area contributed by atoms with Crippen molar-refractivity contribution in [3.05, 3.63) is 36.0 Å². The number of nitrogens with zero attached hydrogens (tertiary/aromatic N) is 3. The summed E-state index contributed by atoms with van der Waals surface area (Å²) < 4.78 is 0. The van der Waals surface area contributed by atoms with Gasteiger partial charge in [0.1, 0.15) is 5.82 Å². The van der Waals surface area contributed by atoms with E-state index in [9.17, 15) is 0 Å². The van der Waals surface area contributed by atoms with Crippen LogP contribution < -0.4 is 15.5 Å². The monoisotopic (exact) mass is 325 g/mol. The van der Waals surface area contributed by atoms with Crippen LogP contribution in [0.1, 0.15) is 38.7 Å². The van der Waals surface area contributed by atoms with Gasteiger partial charge in [0.05, 0.1) is 0 Å². The van der Waals surface area contributed by atoms with Crippen LogP contribution in [0.15, 0.2) is 30.5 Å². The smallest absolute Gasteiger partial charge is 0.224 e. The normalized spacial score (nSPS) is 14.8. The van der Waals surface area contributed by atoms with Crippen LogP contribution in [-0.4, -0.2) is 29.1 Å². The highest BCUT2D eigenvalue weighted by atomic mass is 15.2. The predicted molar refractivity (Wildman–Crippen MR) is 101 cm³/mol. The van der Waals surface area contributed by atoms with Crippen LogP contribution in [0.5, 0.6) is 0 Å². The quantitative estimate of drug-likeness (QED) is 0.856. The Morgan fingerprint density at radius 1 is 1.12 bits per heavy atom. The lowest BCUT2D eigenvalue weighted by Gasteiger charge is -2.29. The second-order valence-electron chi connectivity index (χ2n) is 6.75. The molecule has 1 saturated heterocycles. The summed E-state index contributed by atoms with van der Waals surface area (Å²) in [5.74, 6) is 1.51. The van der Waals surface area contributed by atoms with Crippen LogP contribution in [0.2, 0.25) is 0 Å². The van der Waals surface area contributed by atoms with E-state index in [2.05, 4.69) is 63.6 Å². The van der Waals surface area contributed by atoms with Gasteiger partial charge in [-0.05, 0) is 58.2 Å². The first kappa shape index (κ1) is 16.6. The molecule has 5 heteroatoms. The third kappa shape index (κ3) is 4.16. The van der Waals surface area contributed by atoms with Gasteiger partial charge in [-0.1, -0.05) is 6.07 Å². The Morgan fingerprint density at radius 2 is 1.92 bits per heavy atom. The van der Waals surface area contributed by atoms with E-state index in [1.54, 1.807) is 0 Å². The second kappa shape index (κ2) is 7.51. The van der Waals surface area contributed by atoms with Gasteiger partial charge in [-0.15, -0.1) is 0 Å². The molecule has 1 aliphatic rings. The van der Waals surface area contributed by atoms with Gasteiger partial charge < -0.3 is 15.5 Å². The van der Waals surface area contributed by atoms with Crippen molar-refractivity contribution >= 4 is 23.1 Å². The Kier molecular flexibility index (Phi) is 5.18. The van der Waals surface area contributed by atoms with Crippen molar-refractivity contribution in [3.63, 3.8) is 0 Å². The molecule has 1 fully saturated rings. The average Bonchev–Trinajstić information content (AvgIpc) is 2.58. The number of benzene rings is 1. The first-order valence-corrected chi connectivity index (χ1v) is 8.84. The van der Waals surface area contributed by atoms with Gasteiger partial charge in [-0.2, -0.15) is 4.98 Å². The van der Waals surface area contributed by atoms with Crippen LogP contribution in [0.25, 0.3) is 0 Å². The fourth-order valence-electron chi connectivity index (χ4n) is 2.97. The molecule has 3 rings (SSSR count). The topological polar surface area (TPSA) is 53.1 Å². The first-order chi connectivity index (χ1) is 11.6. The van der Waals surface area contributed by atoms with E-state index >= 15 is 0 Å². The number of rotatable bonds is 5. The fraction of sp³-hybridized carbons (Fsp3) is 0.474. The van der Waals surface area contributed by atoms with Crippen molar-refractivity contribution < 1.29 is 0 Å². The second-order valence-corrected chi connectivity index (χ2v) is 6.75. The number of hydrogen-bond donors (Lipinski definition) is 2. The van der Waals surface area contributed by atoms with Gasteiger partial charge in [0, 0.05) is 42.3 Å². The number of anilines is 4. The van der Waals surface area contributed by atoms with E-state index in [0.29, 0.717) is 12.0 Å². The summed E-state index contributed by atoms with van der Waals surface area (Å²) in [5.41, 5.74) is 3.38. The van der Waals surface area contributed by atoms with E-state index in [1.165, 1.54) is 24.9 Å². The van der Waals surface area contributed by atoms with E-state index in [-0.39, 0.29) is 0 Å². The lowest BCUT2D eigenvalue weighted by atomic mass is 10.1. The Labute approximate surface area is 144 Å². The molecule has 0 bridgehead atoms. The Morgan fingerprint density at radius 3 is 2.67 bits per heavy atom. The Bertz CT molecular complexity index is 677. The summed E-state index contributed by atoms with van der Waals surface area (Å²) >= 11 is 0. The molecule has 1 aromatic carbocycles. The molecule has 2 heterocycles. The summed E-state index contributed by atoms with van der Waals surface area (Å²) in [5, 5.41) is 6.70. The van der Waals surface area contributed by atoms with E-state index in [4.69, 9.17) is 0 Å². The molecular formula is C19H27N5. The maximum absolute atomic E-state index is 4.60. The zero-order chi connectivity index (χ0) is 16.9. The predicted octanol–water partition coefficient (Wildman–Crippen LogP) is 4.34. The fourth-order valence-corrected chi connectivity index (χ4v) is 2.97. The summed E-state index contributed by atoms with van der Waals surface area (Å²) in [4.78, 5) is 11.4. The molecular weight excluding hydrogens is 298 g/mol. The lowest BCUT2D eigenvalue weighted by molar-refractivity contribution is 0.578. The Balaban J connectivity index is 1.78. The van der Waals surface area contributed by atoms with Crippen LogP contribution in [0, 0.1) is 6.92 Å². The SMILES string of the molecule is Cc1cnc(NC(C)C)nc1Nc1cccc(N2CCCCC2)c1. The number of piperidine rings is 1. The van der Waals surface area contributed by atoms with Gasteiger partial charge in [-0.25, -0.2) is 4.98 Å². The molecule has 24 heavy (non-hydrogen) atoms. The molecule has 2 N–H and O–H groups in total. The first-order valence-electron chi connectivity index (χ1n) is 8.84. The highest BCUT2D eigenvalue weighted by Crippen LogP contribution is 2.25. The van der Waals surface area contributed by atoms with E-state index < -0.39 is 0 Å². The molecule has 128 valence electrons. The molecule has 0 radical (unpaired) electrons.